The van der Waals surface area contributed by atoms with Crippen LogP contribution in [0.25, 0.3) is 0 Å². The van der Waals surface area contributed by atoms with Crippen molar-refractivity contribution < 1.29 is 9.18 Å². The van der Waals surface area contributed by atoms with E-state index in [2.05, 4.69) is 15.3 Å². The molecule has 5 heteroatoms. The van der Waals surface area contributed by atoms with Gasteiger partial charge in [-0.1, -0.05) is 11.6 Å². The lowest BCUT2D eigenvalue weighted by Crippen LogP contribution is -2.28. The van der Waals surface area contributed by atoms with Gasteiger partial charge < -0.3 is 10.3 Å². The summed E-state index contributed by atoms with van der Waals surface area (Å²) < 4.78 is 13.5. The molecular weight excluding hydrogens is 233 g/mol. The number of imidazole rings is 1. The van der Waals surface area contributed by atoms with E-state index < -0.39 is 11.7 Å². The number of benzene rings is 1. The number of amides is 1. The van der Waals surface area contributed by atoms with Crippen LogP contribution in [-0.4, -0.2) is 15.9 Å². The van der Waals surface area contributed by atoms with Gasteiger partial charge in [-0.05, 0) is 26.0 Å². The molecule has 0 saturated heterocycles. The number of nitrogens with one attached hydrogen (secondary N) is 2. The highest BCUT2D eigenvalue weighted by molar-refractivity contribution is 5.94. The van der Waals surface area contributed by atoms with Crippen LogP contribution in [0.15, 0.2) is 30.6 Å². The van der Waals surface area contributed by atoms with E-state index in [1.165, 1.54) is 12.1 Å². The molecule has 0 spiro atoms. The molecule has 18 heavy (non-hydrogen) atoms. The molecule has 1 aromatic heterocycles. The molecule has 0 aliphatic rings. The second-order valence-corrected chi connectivity index (χ2v) is 4.15. The predicted octanol–water partition coefficient (Wildman–Crippen LogP) is 2.35. The monoisotopic (exact) mass is 247 g/mol. The number of halogens is 1. The summed E-state index contributed by atoms with van der Waals surface area (Å²) in [5.41, 5.74) is 0.889. The van der Waals surface area contributed by atoms with Gasteiger partial charge in [-0.3, -0.25) is 4.79 Å². The summed E-state index contributed by atoms with van der Waals surface area (Å²) in [5.74, 6) is -0.332. The Balaban J connectivity index is 2.15. The predicted molar refractivity (Wildman–Crippen MR) is 65.6 cm³/mol. The van der Waals surface area contributed by atoms with Crippen molar-refractivity contribution in [3.8, 4) is 0 Å². The normalized spacial score (nSPS) is 12.2. The van der Waals surface area contributed by atoms with Crippen LogP contribution in [0.3, 0.4) is 0 Å². The van der Waals surface area contributed by atoms with E-state index in [4.69, 9.17) is 0 Å². The van der Waals surface area contributed by atoms with Crippen LogP contribution in [-0.2, 0) is 0 Å². The molecule has 1 heterocycles. The highest BCUT2D eigenvalue weighted by atomic mass is 19.1. The number of aromatic amines is 1. The van der Waals surface area contributed by atoms with Crippen LogP contribution in [0, 0.1) is 12.7 Å². The Labute approximate surface area is 104 Å². The molecule has 0 bridgehead atoms. The fourth-order valence-electron chi connectivity index (χ4n) is 1.67. The lowest BCUT2D eigenvalue weighted by atomic mass is 10.1. The molecule has 1 aromatic carbocycles. The van der Waals surface area contributed by atoms with Crippen LogP contribution in [0.5, 0.6) is 0 Å². The van der Waals surface area contributed by atoms with E-state index >= 15 is 0 Å². The molecule has 0 fully saturated rings. The van der Waals surface area contributed by atoms with E-state index in [1.807, 2.05) is 6.92 Å². The number of hydrogen-bond acceptors (Lipinski definition) is 2. The molecule has 94 valence electrons. The molecule has 4 nitrogen and oxygen atoms in total. The summed E-state index contributed by atoms with van der Waals surface area (Å²) in [4.78, 5) is 18.9. The van der Waals surface area contributed by atoms with Crippen molar-refractivity contribution in [1.82, 2.24) is 15.3 Å². The van der Waals surface area contributed by atoms with E-state index in [0.717, 1.165) is 5.56 Å². The van der Waals surface area contributed by atoms with Gasteiger partial charge in [0.2, 0.25) is 0 Å². The van der Waals surface area contributed by atoms with Gasteiger partial charge >= 0.3 is 0 Å². The van der Waals surface area contributed by atoms with Crippen molar-refractivity contribution >= 4 is 5.91 Å². The summed E-state index contributed by atoms with van der Waals surface area (Å²) in [6.45, 7) is 3.59. The maximum atomic E-state index is 13.5. The van der Waals surface area contributed by atoms with Crippen LogP contribution in [0.2, 0.25) is 0 Å². The summed E-state index contributed by atoms with van der Waals surface area (Å²) in [5, 5.41) is 2.69. The van der Waals surface area contributed by atoms with Gasteiger partial charge in [-0.2, -0.15) is 0 Å². The molecule has 1 amide bonds. The standard InChI is InChI=1S/C13H14FN3O/c1-8-3-4-11(14)10(7-8)13(18)17-9(2)12-15-5-6-16-12/h3-7,9H,1-2H3,(H,15,16)(H,17,18). The van der Waals surface area contributed by atoms with E-state index in [1.54, 1.807) is 25.4 Å². The van der Waals surface area contributed by atoms with Gasteiger partial charge in [0.15, 0.2) is 0 Å². The number of aryl methyl sites for hydroxylation is 1. The summed E-state index contributed by atoms with van der Waals surface area (Å²) in [7, 11) is 0. The SMILES string of the molecule is Cc1ccc(F)c(C(=O)NC(C)c2ncc[nH]2)c1. The average Bonchev–Trinajstić information content (AvgIpc) is 2.85. The molecular formula is C13H14FN3O. The third-order valence-corrected chi connectivity index (χ3v) is 2.64. The van der Waals surface area contributed by atoms with Crippen molar-refractivity contribution in [3.63, 3.8) is 0 Å². The quantitative estimate of drug-likeness (QED) is 0.874. The molecule has 2 N–H and O–H groups in total. The van der Waals surface area contributed by atoms with E-state index in [-0.39, 0.29) is 11.6 Å². The van der Waals surface area contributed by atoms with Crippen molar-refractivity contribution in [2.45, 2.75) is 19.9 Å². The zero-order valence-corrected chi connectivity index (χ0v) is 10.2. The van der Waals surface area contributed by atoms with Crippen molar-refractivity contribution in [2.24, 2.45) is 0 Å². The molecule has 0 saturated carbocycles. The molecule has 2 aromatic rings. The second-order valence-electron chi connectivity index (χ2n) is 4.15. The third-order valence-electron chi connectivity index (χ3n) is 2.64. The second kappa shape index (κ2) is 5.00. The minimum atomic E-state index is -0.523. The van der Waals surface area contributed by atoms with Gasteiger partial charge in [-0.15, -0.1) is 0 Å². The lowest BCUT2D eigenvalue weighted by Gasteiger charge is -2.12. The Morgan fingerprint density at radius 3 is 2.94 bits per heavy atom. The number of rotatable bonds is 3. The Bertz CT molecular complexity index is 551. The highest BCUT2D eigenvalue weighted by Gasteiger charge is 2.16. The zero-order valence-electron chi connectivity index (χ0n) is 10.2. The number of aromatic nitrogens is 2. The largest absolute Gasteiger partial charge is 0.347 e. The van der Waals surface area contributed by atoms with Crippen molar-refractivity contribution in [2.75, 3.05) is 0 Å². The number of nitrogens with zero attached hydrogens (tertiary/aromatic N) is 1. The molecule has 0 aliphatic heterocycles. The van der Waals surface area contributed by atoms with Gasteiger partial charge in [0.05, 0.1) is 11.6 Å². The lowest BCUT2D eigenvalue weighted by molar-refractivity contribution is 0.0934. The Hall–Kier alpha value is -2.17. The first-order valence-corrected chi connectivity index (χ1v) is 5.64. The Morgan fingerprint density at radius 1 is 1.50 bits per heavy atom. The number of hydrogen-bond donors (Lipinski definition) is 2. The van der Waals surface area contributed by atoms with Crippen molar-refractivity contribution in [1.29, 1.82) is 0 Å². The van der Waals surface area contributed by atoms with Crippen LogP contribution >= 0.6 is 0 Å². The highest BCUT2D eigenvalue weighted by Crippen LogP contribution is 2.12. The minimum Gasteiger partial charge on any atom is -0.347 e. The first-order valence-electron chi connectivity index (χ1n) is 5.64. The Kier molecular flexibility index (Phi) is 3.41. The minimum absolute atomic E-state index is 0.0495. The zero-order chi connectivity index (χ0) is 13.1. The van der Waals surface area contributed by atoms with E-state index in [9.17, 15) is 9.18 Å². The van der Waals surface area contributed by atoms with Gasteiger partial charge in [0.1, 0.15) is 11.6 Å². The van der Waals surface area contributed by atoms with Gasteiger partial charge in [0, 0.05) is 12.4 Å². The maximum absolute atomic E-state index is 13.5. The fourth-order valence-corrected chi connectivity index (χ4v) is 1.67. The summed E-state index contributed by atoms with van der Waals surface area (Å²) in [6, 6.07) is 4.15. The third kappa shape index (κ3) is 2.56. The summed E-state index contributed by atoms with van der Waals surface area (Å²) >= 11 is 0. The molecule has 0 aliphatic carbocycles. The maximum Gasteiger partial charge on any atom is 0.254 e. The van der Waals surface area contributed by atoms with E-state index in [0.29, 0.717) is 5.82 Å². The first-order chi connectivity index (χ1) is 8.58. The Morgan fingerprint density at radius 2 is 2.28 bits per heavy atom. The number of H-pyrrole nitrogens is 1. The summed E-state index contributed by atoms with van der Waals surface area (Å²) in [6.07, 6.45) is 3.27. The topological polar surface area (TPSA) is 57.8 Å². The van der Waals surface area contributed by atoms with Crippen LogP contribution < -0.4 is 5.32 Å². The van der Waals surface area contributed by atoms with Crippen molar-refractivity contribution in [3.05, 3.63) is 53.4 Å². The number of carbonyl (C=O) groups is 1. The van der Waals surface area contributed by atoms with Crippen LogP contribution in [0.1, 0.15) is 34.7 Å². The van der Waals surface area contributed by atoms with Gasteiger partial charge in [-0.25, -0.2) is 9.37 Å². The molecule has 0 radical (unpaired) electrons. The van der Waals surface area contributed by atoms with Gasteiger partial charge in [0.25, 0.3) is 5.91 Å². The smallest absolute Gasteiger partial charge is 0.254 e. The number of carbonyl (C=O) groups excluding carboxylic acids is 1. The molecule has 1 unspecified atom stereocenters. The van der Waals surface area contributed by atoms with Crippen LogP contribution in [0.4, 0.5) is 4.39 Å². The average molecular weight is 247 g/mol. The first kappa shape index (κ1) is 12.3. The molecule has 2 rings (SSSR count). The molecule has 1 atom stereocenters. The fraction of sp³-hybridized carbons (Fsp3) is 0.231.